The maximum Gasteiger partial charge on any atom is 0.252 e. The zero-order valence-electron chi connectivity index (χ0n) is 21.2. The average Bonchev–Trinajstić information content (AvgIpc) is 3.33. The van der Waals surface area contributed by atoms with Gasteiger partial charge in [-0.05, 0) is 59.9 Å². The molecule has 3 heteroatoms. The van der Waals surface area contributed by atoms with Crippen LogP contribution in [0.4, 0.5) is 11.4 Å². The van der Waals surface area contributed by atoms with Crippen LogP contribution in [0, 0.1) is 6.92 Å². The molecule has 2 unspecified atom stereocenters. The Labute approximate surface area is 202 Å². The van der Waals surface area contributed by atoms with Crippen molar-refractivity contribution in [2.45, 2.75) is 44.5 Å². The zero-order valence-corrected chi connectivity index (χ0v) is 19.2. The van der Waals surface area contributed by atoms with Crippen molar-refractivity contribution in [3.63, 3.8) is 0 Å². The molecule has 2 nitrogen and oxygen atoms in total. The van der Waals surface area contributed by atoms with Crippen LogP contribution in [0.5, 0.6) is 0 Å². The fraction of sp³-hybridized carbons (Fsp3) is 0.226. The maximum absolute atomic E-state index is 9.91. The van der Waals surface area contributed by atoms with Crippen LogP contribution in [-0.4, -0.2) is 17.3 Å². The number of fused-ring (bicyclic) bond motifs is 10. The van der Waals surface area contributed by atoms with Crippen molar-refractivity contribution in [2.75, 3.05) is 4.90 Å². The monoisotopic (exact) mass is 438 g/mol. The number of aryl methyl sites for hydroxylation is 1. The molecule has 1 saturated carbocycles. The number of hydrogen-bond acceptors (Lipinski definition) is 1. The fourth-order valence-electron chi connectivity index (χ4n) is 7.57. The molecule has 1 aromatic heterocycles. The van der Waals surface area contributed by atoms with E-state index in [0.29, 0.717) is 0 Å². The summed E-state index contributed by atoms with van der Waals surface area (Å²) in [6.07, 6.45) is 3.51. The van der Waals surface area contributed by atoms with Crippen LogP contribution < -0.4 is 21.3 Å². The summed E-state index contributed by atoms with van der Waals surface area (Å²) in [5.41, 5.74) is 12.2. The molecule has 162 valence electrons. The molecule has 1 aliphatic carbocycles. The molecule has 1 fully saturated rings. The summed E-state index contributed by atoms with van der Waals surface area (Å²) in [5.74, 6) is -0.911. The van der Waals surface area contributed by atoms with Gasteiger partial charge < -0.3 is 9.47 Å². The van der Waals surface area contributed by atoms with Gasteiger partial charge in [0.05, 0.1) is 6.89 Å². The molecule has 0 radical (unpaired) electrons. The van der Waals surface area contributed by atoms with E-state index in [9.17, 15) is 2.74 Å². The number of hydrogen-bond donors (Lipinski definition) is 0. The van der Waals surface area contributed by atoms with Crippen LogP contribution in [0.15, 0.2) is 72.8 Å². The van der Waals surface area contributed by atoms with E-state index in [1.807, 2.05) is 0 Å². The van der Waals surface area contributed by atoms with Crippen LogP contribution in [0.2, 0.25) is 0 Å². The Balaban J connectivity index is 1.50. The van der Waals surface area contributed by atoms with Crippen molar-refractivity contribution in [1.82, 2.24) is 4.57 Å². The van der Waals surface area contributed by atoms with Gasteiger partial charge in [0.1, 0.15) is 0 Å². The first kappa shape index (κ1) is 16.2. The molecule has 5 aromatic rings. The highest BCUT2D eigenvalue weighted by Crippen LogP contribution is 2.52. The molecule has 0 amide bonds. The molecule has 4 aromatic carbocycles. The molecule has 34 heavy (non-hydrogen) atoms. The van der Waals surface area contributed by atoms with E-state index in [4.69, 9.17) is 0 Å². The predicted molar refractivity (Wildman–Crippen MR) is 144 cm³/mol. The van der Waals surface area contributed by atoms with Crippen LogP contribution in [-0.2, 0) is 0 Å². The van der Waals surface area contributed by atoms with Gasteiger partial charge in [-0.3, -0.25) is 0 Å². The highest BCUT2D eigenvalue weighted by molar-refractivity contribution is 7.00. The van der Waals surface area contributed by atoms with Gasteiger partial charge in [-0.15, -0.1) is 0 Å². The number of benzene rings is 4. The Kier molecular flexibility index (Phi) is 2.84. The van der Waals surface area contributed by atoms with Crippen molar-refractivity contribution in [3.05, 3.63) is 83.9 Å². The Morgan fingerprint density at radius 3 is 2.65 bits per heavy atom. The number of para-hydroxylation sites is 2. The minimum atomic E-state index is -0.985. The third-order valence-corrected chi connectivity index (χ3v) is 8.72. The second-order valence-corrected chi connectivity index (χ2v) is 10.5. The van der Waals surface area contributed by atoms with Crippen LogP contribution in [0.3, 0.4) is 0 Å². The molecule has 0 spiro atoms. The first-order valence-electron chi connectivity index (χ1n) is 13.6. The largest absolute Gasteiger partial charge is 0.338 e. The van der Waals surface area contributed by atoms with E-state index in [-0.39, 0.29) is 6.71 Å². The van der Waals surface area contributed by atoms with Crippen molar-refractivity contribution in [1.29, 1.82) is 0 Å². The van der Waals surface area contributed by atoms with Gasteiger partial charge in [-0.25, -0.2) is 0 Å². The molecule has 0 bridgehead atoms. The van der Waals surface area contributed by atoms with Crippen molar-refractivity contribution in [3.8, 4) is 5.69 Å². The van der Waals surface area contributed by atoms with Gasteiger partial charge >= 0.3 is 0 Å². The standard InChI is InChI=1S/C31H25BN2/c1-18-16-22-20-9-3-5-13-26(20)34-28-15-7-14-27-29(28)32(24(17-18)31(22)34)23-11-6-10-21-19-8-2-4-12-25(19)33(27)30(21)23/h2,4,6-8,10-12,14-17,20,26H,3,5,9,13H2,1H3/i20D,26D. The Morgan fingerprint density at radius 1 is 0.853 bits per heavy atom. The molecule has 0 N–H and O–H groups in total. The minimum Gasteiger partial charge on any atom is -0.338 e. The smallest absolute Gasteiger partial charge is 0.252 e. The first-order chi connectivity index (χ1) is 17.5. The number of rotatable bonds is 0. The third kappa shape index (κ3) is 1.91. The van der Waals surface area contributed by atoms with E-state index >= 15 is 0 Å². The van der Waals surface area contributed by atoms with Crippen molar-refractivity contribution >= 4 is 56.3 Å². The lowest BCUT2D eigenvalue weighted by Gasteiger charge is -2.42. The second kappa shape index (κ2) is 5.96. The highest BCUT2D eigenvalue weighted by atomic mass is 15.2. The maximum atomic E-state index is 9.91. The van der Waals surface area contributed by atoms with E-state index < -0.39 is 11.9 Å². The zero-order chi connectivity index (χ0) is 24.0. The van der Waals surface area contributed by atoms with Crippen LogP contribution in [0.25, 0.3) is 27.5 Å². The summed E-state index contributed by atoms with van der Waals surface area (Å²) in [4.78, 5) is 2.29. The number of nitrogens with zero attached hydrogens (tertiary/aromatic N) is 2. The summed E-state index contributed by atoms with van der Waals surface area (Å²) >= 11 is 0. The van der Waals surface area contributed by atoms with Crippen LogP contribution in [0.1, 0.15) is 45.4 Å². The molecule has 2 atom stereocenters. The van der Waals surface area contributed by atoms with Gasteiger partial charge in [0, 0.05) is 46.6 Å². The summed E-state index contributed by atoms with van der Waals surface area (Å²) in [6, 6.07) is 25.7. The first-order valence-corrected chi connectivity index (χ1v) is 12.6. The summed E-state index contributed by atoms with van der Waals surface area (Å²) in [5, 5.41) is 2.59. The van der Waals surface area contributed by atoms with E-state index in [2.05, 4.69) is 89.2 Å². The summed E-state index contributed by atoms with van der Waals surface area (Å²) < 4.78 is 22.2. The van der Waals surface area contributed by atoms with Crippen molar-refractivity contribution in [2.24, 2.45) is 0 Å². The third-order valence-electron chi connectivity index (χ3n) is 8.72. The average molecular weight is 438 g/mol. The molecular formula is C31H25BN2. The second-order valence-electron chi connectivity index (χ2n) is 10.5. The van der Waals surface area contributed by atoms with Gasteiger partial charge in [0.15, 0.2) is 0 Å². The van der Waals surface area contributed by atoms with E-state index in [1.54, 1.807) is 0 Å². The van der Waals surface area contributed by atoms with Gasteiger partial charge in [0.2, 0.25) is 0 Å². The summed E-state index contributed by atoms with van der Waals surface area (Å²) in [7, 11) is 0. The number of anilines is 2. The lowest BCUT2D eigenvalue weighted by molar-refractivity contribution is 0.402. The SMILES string of the molecule is [2H]C12CCCCC1([2H])N1c3cccc4c3B(c3cc(C)cc2c31)c1cccc2c3ccccc3n-4c12. The van der Waals surface area contributed by atoms with E-state index in [0.717, 1.165) is 42.6 Å². The number of aromatic nitrogens is 1. The van der Waals surface area contributed by atoms with E-state index in [1.165, 1.54) is 49.4 Å². The van der Waals surface area contributed by atoms with Crippen LogP contribution >= 0.6 is 0 Å². The summed E-state index contributed by atoms with van der Waals surface area (Å²) in [6.45, 7) is 2.27. The lowest BCUT2D eigenvalue weighted by Crippen LogP contribution is -2.61. The van der Waals surface area contributed by atoms with Gasteiger partial charge in [-0.2, -0.15) is 0 Å². The highest BCUT2D eigenvalue weighted by Gasteiger charge is 2.49. The normalized spacial score (nSPS) is 26.3. The predicted octanol–water partition coefficient (Wildman–Crippen LogP) is 5.41. The van der Waals surface area contributed by atoms with Gasteiger partial charge in [0.25, 0.3) is 6.71 Å². The molecule has 3 aliphatic heterocycles. The van der Waals surface area contributed by atoms with Gasteiger partial charge in [-0.1, -0.05) is 73.0 Å². The fourth-order valence-corrected chi connectivity index (χ4v) is 7.57. The quantitative estimate of drug-likeness (QED) is 0.288. The topological polar surface area (TPSA) is 8.17 Å². The van der Waals surface area contributed by atoms with Crippen molar-refractivity contribution < 1.29 is 2.74 Å². The molecular weight excluding hydrogens is 411 g/mol. The molecule has 4 heterocycles. The molecule has 0 saturated heterocycles. The minimum absolute atomic E-state index is 0.106. The Bertz CT molecular complexity index is 1820. The molecule has 4 aliphatic rings. The Hall–Kier alpha value is -3.46. The lowest BCUT2D eigenvalue weighted by atomic mass is 9.33. The molecule has 9 rings (SSSR count). The Morgan fingerprint density at radius 2 is 1.68 bits per heavy atom.